The summed E-state index contributed by atoms with van der Waals surface area (Å²) in [5.41, 5.74) is 4.11. The van der Waals surface area contributed by atoms with Gasteiger partial charge in [0, 0.05) is 50.8 Å². The molecular weight excluding hydrogens is 316 g/mol. The Bertz CT molecular complexity index is 772. The van der Waals surface area contributed by atoms with Crippen molar-refractivity contribution in [3.05, 3.63) is 54.6 Å². The largest absolute Gasteiger partial charge is 0.383 e. The lowest BCUT2D eigenvalue weighted by Crippen LogP contribution is -2.22. The summed E-state index contributed by atoms with van der Waals surface area (Å²) in [6, 6.07) is 7.94. The average Bonchev–Trinajstić information content (AvgIpc) is 3.14. The Balaban J connectivity index is 1.62. The highest BCUT2D eigenvalue weighted by Crippen LogP contribution is 2.21. The van der Waals surface area contributed by atoms with Gasteiger partial charge in [-0.1, -0.05) is 0 Å². The average molecular weight is 338 g/mol. The van der Waals surface area contributed by atoms with Crippen molar-refractivity contribution in [2.45, 2.75) is 6.54 Å². The van der Waals surface area contributed by atoms with E-state index in [0.29, 0.717) is 13.2 Å². The maximum Gasteiger partial charge on any atom is 0.126 e. The zero-order valence-corrected chi connectivity index (χ0v) is 14.4. The summed E-state index contributed by atoms with van der Waals surface area (Å²) >= 11 is 0. The van der Waals surface area contributed by atoms with Crippen molar-refractivity contribution in [3.8, 4) is 11.3 Å². The number of pyridine rings is 2. The second-order valence-corrected chi connectivity index (χ2v) is 5.68. The Labute approximate surface area is 147 Å². The van der Waals surface area contributed by atoms with E-state index in [0.717, 1.165) is 34.9 Å². The Kier molecular flexibility index (Phi) is 5.58. The van der Waals surface area contributed by atoms with Gasteiger partial charge in [0.1, 0.15) is 5.82 Å². The summed E-state index contributed by atoms with van der Waals surface area (Å²) in [6.07, 6.45) is 7.25. The van der Waals surface area contributed by atoms with Crippen LogP contribution in [0.15, 0.2) is 49.1 Å². The van der Waals surface area contributed by atoms with Crippen LogP contribution in [-0.4, -0.2) is 47.5 Å². The molecule has 0 aromatic carbocycles. The molecule has 0 saturated carbocycles. The van der Waals surface area contributed by atoms with E-state index < -0.39 is 0 Å². The van der Waals surface area contributed by atoms with Crippen LogP contribution in [-0.2, 0) is 11.3 Å². The number of rotatable bonds is 8. The standard InChI is InChI=1S/C18H22N6O/c1-24(8-9-25-2)16-5-6-17(21-13-16)20-11-15-12-22-23-18(15)14-4-3-7-19-10-14/h3-7,10,12-13H,8-9,11H2,1-2H3,(H,20,21)(H,22,23). The molecule has 0 aliphatic carbocycles. The van der Waals surface area contributed by atoms with E-state index in [1.807, 2.05) is 49.9 Å². The molecule has 3 aromatic heterocycles. The molecule has 0 fully saturated rings. The van der Waals surface area contributed by atoms with Gasteiger partial charge in [-0.05, 0) is 24.3 Å². The van der Waals surface area contributed by atoms with Crippen molar-refractivity contribution < 1.29 is 4.74 Å². The van der Waals surface area contributed by atoms with Gasteiger partial charge in [-0.15, -0.1) is 0 Å². The SMILES string of the molecule is COCCN(C)c1ccc(NCc2cn[nH]c2-c2cccnc2)nc1. The number of methoxy groups -OCH3 is 1. The summed E-state index contributed by atoms with van der Waals surface area (Å²) in [6.45, 7) is 2.15. The van der Waals surface area contributed by atoms with E-state index in [2.05, 4.69) is 30.4 Å². The van der Waals surface area contributed by atoms with Crippen molar-refractivity contribution >= 4 is 11.5 Å². The molecule has 7 nitrogen and oxygen atoms in total. The molecule has 0 saturated heterocycles. The highest BCUT2D eigenvalue weighted by molar-refractivity contribution is 5.62. The quantitative estimate of drug-likeness (QED) is 0.657. The molecule has 0 aliphatic rings. The van der Waals surface area contributed by atoms with Crippen molar-refractivity contribution in [3.63, 3.8) is 0 Å². The second-order valence-electron chi connectivity index (χ2n) is 5.68. The van der Waals surface area contributed by atoms with E-state index in [1.54, 1.807) is 13.3 Å². The zero-order chi connectivity index (χ0) is 17.5. The molecule has 0 aliphatic heterocycles. The number of nitrogens with zero attached hydrogens (tertiary/aromatic N) is 4. The molecule has 25 heavy (non-hydrogen) atoms. The van der Waals surface area contributed by atoms with Crippen LogP contribution in [0.4, 0.5) is 11.5 Å². The normalized spacial score (nSPS) is 10.6. The first-order chi connectivity index (χ1) is 12.3. The molecule has 0 amide bonds. The minimum Gasteiger partial charge on any atom is -0.383 e. The molecule has 0 spiro atoms. The maximum atomic E-state index is 5.10. The molecule has 0 atom stereocenters. The number of hydrogen-bond acceptors (Lipinski definition) is 6. The van der Waals surface area contributed by atoms with Gasteiger partial charge in [0.05, 0.1) is 30.4 Å². The van der Waals surface area contributed by atoms with Gasteiger partial charge < -0.3 is 15.0 Å². The number of anilines is 2. The third-order valence-electron chi connectivity index (χ3n) is 3.95. The molecule has 2 N–H and O–H groups in total. The van der Waals surface area contributed by atoms with Crippen molar-refractivity contribution in [2.75, 3.05) is 37.5 Å². The van der Waals surface area contributed by atoms with E-state index in [1.165, 1.54) is 0 Å². The van der Waals surface area contributed by atoms with Crippen LogP contribution < -0.4 is 10.2 Å². The summed E-state index contributed by atoms with van der Waals surface area (Å²) < 4.78 is 5.10. The van der Waals surface area contributed by atoms with E-state index in [4.69, 9.17) is 4.74 Å². The van der Waals surface area contributed by atoms with Crippen molar-refractivity contribution in [2.24, 2.45) is 0 Å². The third kappa shape index (κ3) is 4.33. The van der Waals surface area contributed by atoms with Crippen molar-refractivity contribution in [1.82, 2.24) is 20.2 Å². The number of likely N-dealkylation sites (N-methyl/N-ethyl adjacent to an activating group) is 1. The van der Waals surface area contributed by atoms with Gasteiger partial charge in [-0.25, -0.2) is 4.98 Å². The highest BCUT2D eigenvalue weighted by atomic mass is 16.5. The topological polar surface area (TPSA) is 79.0 Å². The van der Waals surface area contributed by atoms with E-state index in [9.17, 15) is 0 Å². The summed E-state index contributed by atoms with van der Waals surface area (Å²) in [4.78, 5) is 10.7. The minimum atomic E-state index is 0.632. The zero-order valence-electron chi connectivity index (χ0n) is 14.4. The smallest absolute Gasteiger partial charge is 0.126 e. The van der Waals surface area contributed by atoms with Gasteiger partial charge in [-0.2, -0.15) is 5.10 Å². The molecule has 130 valence electrons. The molecular formula is C18H22N6O. The van der Waals surface area contributed by atoms with Crippen molar-refractivity contribution in [1.29, 1.82) is 0 Å². The van der Waals surface area contributed by atoms with Gasteiger partial charge in [0.25, 0.3) is 0 Å². The highest BCUT2D eigenvalue weighted by Gasteiger charge is 2.08. The molecule has 0 unspecified atom stereocenters. The number of hydrogen-bond donors (Lipinski definition) is 2. The van der Waals surface area contributed by atoms with Gasteiger partial charge in [0.2, 0.25) is 0 Å². The Morgan fingerprint density at radius 2 is 2.12 bits per heavy atom. The predicted molar refractivity (Wildman–Crippen MR) is 98.5 cm³/mol. The Hall–Kier alpha value is -2.93. The first kappa shape index (κ1) is 16.9. The lowest BCUT2D eigenvalue weighted by molar-refractivity contribution is 0.206. The Morgan fingerprint density at radius 3 is 2.84 bits per heavy atom. The fourth-order valence-electron chi connectivity index (χ4n) is 2.47. The van der Waals surface area contributed by atoms with Crippen LogP contribution in [0.5, 0.6) is 0 Å². The number of nitrogens with one attached hydrogen (secondary N) is 2. The molecule has 0 bridgehead atoms. The number of ether oxygens (including phenoxy) is 1. The second kappa shape index (κ2) is 8.25. The van der Waals surface area contributed by atoms with Crippen LogP contribution >= 0.6 is 0 Å². The number of H-pyrrole nitrogens is 1. The minimum absolute atomic E-state index is 0.632. The third-order valence-corrected chi connectivity index (χ3v) is 3.95. The first-order valence-electron chi connectivity index (χ1n) is 8.10. The van der Waals surface area contributed by atoms with Gasteiger partial charge in [0.15, 0.2) is 0 Å². The van der Waals surface area contributed by atoms with Gasteiger partial charge >= 0.3 is 0 Å². The molecule has 3 heterocycles. The molecule has 3 rings (SSSR count). The van der Waals surface area contributed by atoms with E-state index in [-0.39, 0.29) is 0 Å². The summed E-state index contributed by atoms with van der Waals surface area (Å²) in [5, 5.41) is 10.5. The maximum absolute atomic E-state index is 5.10. The predicted octanol–water partition coefficient (Wildman–Crippen LogP) is 2.56. The lowest BCUT2D eigenvalue weighted by atomic mass is 10.1. The van der Waals surface area contributed by atoms with Crippen LogP contribution in [0.2, 0.25) is 0 Å². The number of aromatic amines is 1. The Morgan fingerprint density at radius 1 is 1.20 bits per heavy atom. The van der Waals surface area contributed by atoms with Crippen LogP contribution in [0.1, 0.15) is 5.56 Å². The first-order valence-corrected chi connectivity index (χ1v) is 8.10. The molecule has 7 heteroatoms. The fourth-order valence-corrected chi connectivity index (χ4v) is 2.47. The molecule has 0 radical (unpaired) electrons. The van der Waals surface area contributed by atoms with Crippen LogP contribution in [0.3, 0.4) is 0 Å². The fraction of sp³-hybridized carbons (Fsp3) is 0.278. The lowest BCUT2D eigenvalue weighted by Gasteiger charge is -2.18. The summed E-state index contributed by atoms with van der Waals surface area (Å²) in [5.74, 6) is 0.822. The number of aromatic nitrogens is 4. The summed E-state index contributed by atoms with van der Waals surface area (Å²) in [7, 11) is 3.73. The van der Waals surface area contributed by atoms with Gasteiger partial charge in [-0.3, -0.25) is 10.1 Å². The van der Waals surface area contributed by atoms with Crippen LogP contribution in [0.25, 0.3) is 11.3 Å². The van der Waals surface area contributed by atoms with Crippen LogP contribution in [0, 0.1) is 0 Å². The molecule has 3 aromatic rings. The van der Waals surface area contributed by atoms with E-state index >= 15 is 0 Å². The monoisotopic (exact) mass is 338 g/mol.